The molecule has 0 saturated carbocycles. The molecule has 0 fully saturated rings. The average Bonchev–Trinajstić information content (AvgIpc) is 3.08. The van der Waals surface area contributed by atoms with E-state index in [1.807, 2.05) is 60.7 Å². The molecule has 2 heterocycles. The maximum absolute atomic E-state index is 13.2. The maximum atomic E-state index is 13.2. The largest absolute Gasteiger partial charge is 0.325 e. The van der Waals surface area contributed by atoms with Crippen molar-refractivity contribution in [1.29, 1.82) is 0 Å². The summed E-state index contributed by atoms with van der Waals surface area (Å²) in [5.41, 5.74) is 2.28. The van der Waals surface area contributed by atoms with Gasteiger partial charge in [-0.1, -0.05) is 55.1 Å². The Labute approximate surface area is 171 Å². The zero-order valence-electron chi connectivity index (χ0n) is 15.3. The van der Waals surface area contributed by atoms with Crippen LogP contribution in [0.1, 0.15) is 12.6 Å². The second-order valence-corrected chi connectivity index (χ2v) is 8.87. The van der Waals surface area contributed by atoms with E-state index in [-0.39, 0.29) is 17.2 Å². The van der Waals surface area contributed by atoms with E-state index in [1.165, 1.54) is 11.8 Å². The minimum absolute atomic E-state index is 0.0588. The Balaban J connectivity index is 1.63. The van der Waals surface area contributed by atoms with Gasteiger partial charge in [-0.05, 0) is 24.3 Å². The van der Waals surface area contributed by atoms with Crippen LogP contribution < -0.4 is 10.9 Å². The van der Waals surface area contributed by atoms with Crippen molar-refractivity contribution < 1.29 is 4.79 Å². The summed E-state index contributed by atoms with van der Waals surface area (Å²) in [6, 6.07) is 18.8. The van der Waals surface area contributed by atoms with Crippen LogP contribution in [0.2, 0.25) is 0 Å². The second kappa shape index (κ2) is 8.24. The van der Waals surface area contributed by atoms with Gasteiger partial charge in [0.1, 0.15) is 0 Å². The van der Waals surface area contributed by atoms with Crippen LogP contribution in [0.5, 0.6) is 0 Å². The van der Waals surface area contributed by atoms with Gasteiger partial charge in [-0.15, -0.1) is 11.8 Å². The van der Waals surface area contributed by atoms with Crippen LogP contribution in [0, 0.1) is 0 Å². The molecule has 7 heteroatoms. The highest BCUT2D eigenvalue weighted by atomic mass is 32.2. The van der Waals surface area contributed by atoms with Crippen LogP contribution in [0.3, 0.4) is 0 Å². The normalized spacial score (nSPS) is 15.2. The average molecular weight is 410 g/mol. The van der Waals surface area contributed by atoms with Crippen molar-refractivity contribution in [1.82, 2.24) is 9.55 Å². The number of carbonyl (C=O) groups excluding carboxylic acids is 1. The summed E-state index contributed by atoms with van der Waals surface area (Å²) < 4.78 is 1.62. The molecule has 1 atom stereocenters. The summed E-state index contributed by atoms with van der Waals surface area (Å²) >= 11 is 2.86. The number of aromatic nitrogens is 2. The third kappa shape index (κ3) is 4.00. The number of amides is 1. The standard InChI is InChI=1S/C21H19N3O2S2/c1-14-12-17-19(28-14)20(26)24(16-10-6-3-7-11-16)21(23-17)27-13-18(25)22-15-8-4-2-5-9-15/h2-11,14H,12-13H2,1H3,(H,22,25)/t14-/m0/s1. The summed E-state index contributed by atoms with van der Waals surface area (Å²) in [6.07, 6.45) is 0.772. The van der Waals surface area contributed by atoms with E-state index in [4.69, 9.17) is 4.98 Å². The van der Waals surface area contributed by atoms with E-state index < -0.39 is 0 Å². The number of rotatable bonds is 5. The summed E-state index contributed by atoms with van der Waals surface area (Å²) in [4.78, 5) is 31.0. The fourth-order valence-corrected chi connectivity index (χ4v) is 4.98. The molecule has 0 bridgehead atoms. The summed E-state index contributed by atoms with van der Waals surface area (Å²) in [7, 11) is 0. The van der Waals surface area contributed by atoms with E-state index in [0.29, 0.717) is 10.4 Å². The fraction of sp³-hybridized carbons (Fsp3) is 0.190. The smallest absolute Gasteiger partial charge is 0.272 e. The van der Waals surface area contributed by atoms with Crippen molar-refractivity contribution in [3.05, 3.63) is 76.7 Å². The summed E-state index contributed by atoms with van der Waals surface area (Å²) in [5, 5.41) is 3.75. The van der Waals surface area contributed by atoms with Crippen molar-refractivity contribution in [2.24, 2.45) is 0 Å². The fourth-order valence-electron chi connectivity index (χ4n) is 3.05. The molecule has 0 unspecified atom stereocenters. The van der Waals surface area contributed by atoms with Crippen molar-refractivity contribution in [2.75, 3.05) is 11.1 Å². The van der Waals surface area contributed by atoms with Crippen molar-refractivity contribution >= 4 is 35.1 Å². The van der Waals surface area contributed by atoms with E-state index >= 15 is 0 Å². The lowest BCUT2D eigenvalue weighted by atomic mass is 10.2. The number of nitrogens with zero attached hydrogens (tertiary/aromatic N) is 2. The molecule has 0 saturated heterocycles. The Morgan fingerprint density at radius 1 is 1.18 bits per heavy atom. The van der Waals surface area contributed by atoms with Crippen LogP contribution in [-0.4, -0.2) is 26.5 Å². The Morgan fingerprint density at radius 2 is 1.86 bits per heavy atom. The van der Waals surface area contributed by atoms with Crippen molar-refractivity contribution in [3.63, 3.8) is 0 Å². The molecule has 28 heavy (non-hydrogen) atoms. The molecule has 0 spiro atoms. The van der Waals surface area contributed by atoms with Gasteiger partial charge in [0.15, 0.2) is 5.16 Å². The van der Waals surface area contributed by atoms with Crippen molar-refractivity contribution in [3.8, 4) is 5.69 Å². The topological polar surface area (TPSA) is 64.0 Å². The van der Waals surface area contributed by atoms with Gasteiger partial charge in [0.2, 0.25) is 5.91 Å². The number of fused-ring (bicyclic) bond motifs is 1. The van der Waals surface area contributed by atoms with Gasteiger partial charge in [-0.2, -0.15) is 0 Å². The molecule has 0 radical (unpaired) electrons. The molecule has 5 nitrogen and oxygen atoms in total. The number of thioether (sulfide) groups is 2. The van der Waals surface area contributed by atoms with Crippen LogP contribution in [-0.2, 0) is 11.2 Å². The highest BCUT2D eigenvalue weighted by Gasteiger charge is 2.27. The van der Waals surface area contributed by atoms with Crippen LogP contribution in [0.25, 0.3) is 5.69 Å². The molecular formula is C21H19N3O2S2. The van der Waals surface area contributed by atoms with Crippen LogP contribution in [0.4, 0.5) is 5.69 Å². The minimum atomic E-state index is -0.131. The van der Waals surface area contributed by atoms with E-state index in [9.17, 15) is 9.59 Å². The van der Waals surface area contributed by atoms with Gasteiger partial charge < -0.3 is 5.32 Å². The lowest BCUT2D eigenvalue weighted by Crippen LogP contribution is -2.24. The summed E-state index contributed by atoms with van der Waals surface area (Å²) in [5.74, 6) is 0.0450. The van der Waals surface area contributed by atoms with Gasteiger partial charge in [0.25, 0.3) is 5.56 Å². The first-order valence-electron chi connectivity index (χ1n) is 8.97. The minimum Gasteiger partial charge on any atom is -0.325 e. The number of hydrogen-bond donors (Lipinski definition) is 1. The zero-order chi connectivity index (χ0) is 19.5. The molecular weight excluding hydrogens is 390 g/mol. The molecule has 1 aliphatic rings. The first kappa shape index (κ1) is 18.8. The first-order chi connectivity index (χ1) is 13.6. The Kier molecular flexibility index (Phi) is 5.54. The number of para-hydroxylation sites is 2. The third-order valence-electron chi connectivity index (χ3n) is 4.29. The van der Waals surface area contributed by atoms with Gasteiger partial charge in [0, 0.05) is 17.4 Å². The number of benzene rings is 2. The van der Waals surface area contributed by atoms with Gasteiger partial charge >= 0.3 is 0 Å². The molecule has 2 aromatic carbocycles. The predicted molar refractivity (Wildman–Crippen MR) is 115 cm³/mol. The van der Waals surface area contributed by atoms with E-state index in [1.54, 1.807) is 16.3 Å². The van der Waals surface area contributed by atoms with Crippen LogP contribution >= 0.6 is 23.5 Å². The van der Waals surface area contributed by atoms with Crippen LogP contribution in [0.15, 0.2) is 75.5 Å². The Hall–Kier alpha value is -2.51. The molecule has 1 N–H and O–H groups in total. The van der Waals surface area contributed by atoms with Gasteiger partial charge in [0.05, 0.1) is 22.0 Å². The number of nitrogens with one attached hydrogen (secondary N) is 1. The summed E-state index contributed by atoms with van der Waals surface area (Å²) in [6.45, 7) is 2.10. The SMILES string of the molecule is C[C@H]1Cc2nc(SCC(=O)Nc3ccccc3)n(-c3ccccc3)c(=O)c2S1. The molecule has 4 rings (SSSR count). The molecule has 0 aliphatic carbocycles. The molecule has 1 aromatic heterocycles. The number of hydrogen-bond acceptors (Lipinski definition) is 5. The molecule has 1 aliphatic heterocycles. The lowest BCUT2D eigenvalue weighted by Gasteiger charge is -2.13. The van der Waals surface area contributed by atoms with Crippen molar-refractivity contribution in [2.45, 2.75) is 28.6 Å². The van der Waals surface area contributed by atoms with E-state index in [0.717, 1.165) is 28.4 Å². The molecule has 3 aromatic rings. The quantitative estimate of drug-likeness (QED) is 0.510. The lowest BCUT2D eigenvalue weighted by molar-refractivity contribution is -0.113. The highest BCUT2D eigenvalue weighted by Crippen LogP contribution is 2.34. The van der Waals surface area contributed by atoms with Gasteiger partial charge in [-0.3, -0.25) is 14.2 Å². The third-order valence-corrected chi connectivity index (χ3v) is 6.44. The Bertz CT molecular complexity index is 1050. The number of anilines is 1. The molecule has 1 amide bonds. The van der Waals surface area contributed by atoms with E-state index in [2.05, 4.69) is 12.2 Å². The maximum Gasteiger partial charge on any atom is 0.272 e. The molecule has 142 valence electrons. The Morgan fingerprint density at radius 3 is 2.57 bits per heavy atom. The highest BCUT2D eigenvalue weighted by molar-refractivity contribution is 8.00. The number of carbonyl (C=O) groups is 1. The second-order valence-electron chi connectivity index (χ2n) is 6.48. The predicted octanol–water partition coefficient (Wildman–Crippen LogP) is 4.00. The monoisotopic (exact) mass is 409 g/mol. The van der Waals surface area contributed by atoms with Gasteiger partial charge in [-0.25, -0.2) is 4.98 Å². The first-order valence-corrected chi connectivity index (χ1v) is 10.8. The zero-order valence-corrected chi connectivity index (χ0v) is 16.9.